The summed E-state index contributed by atoms with van der Waals surface area (Å²) in [6.45, 7) is 3.65. The monoisotopic (exact) mass is 244 g/mol. The maximum absolute atomic E-state index is 10.9. The van der Waals surface area contributed by atoms with Crippen molar-refractivity contribution in [1.82, 2.24) is 10.2 Å². The number of hydrogen-bond donors (Lipinski definition) is 2. The third-order valence-corrected chi connectivity index (χ3v) is 3.17. The molecule has 1 heterocycles. The zero-order valence-electron chi connectivity index (χ0n) is 10.8. The van der Waals surface area contributed by atoms with E-state index < -0.39 is 6.10 Å². The zero-order valence-corrected chi connectivity index (χ0v) is 10.8. The average molecular weight is 244 g/mol. The molecule has 0 spiro atoms. The quantitative estimate of drug-likeness (QED) is 0.636. The fourth-order valence-corrected chi connectivity index (χ4v) is 2.24. The molecule has 0 amide bonds. The van der Waals surface area contributed by atoms with Gasteiger partial charge in [-0.2, -0.15) is 0 Å². The van der Waals surface area contributed by atoms with Crippen molar-refractivity contribution >= 4 is 5.97 Å². The summed E-state index contributed by atoms with van der Waals surface area (Å²) in [6.07, 6.45) is 1.90. The minimum atomic E-state index is -0.649. The van der Waals surface area contributed by atoms with Crippen molar-refractivity contribution in [2.45, 2.75) is 25.4 Å². The number of ether oxygens (including phenoxy) is 1. The maximum Gasteiger partial charge on any atom is 0.308 e. The molecule has 0 saturated carbocycles. The molecule has 1 fully saturated rings. The zero-order chi connectivity index (χ0) is 12.7. The van der Waals surface area contributed by atoms with E-state index in [0.717, 1.165) is 13.1 Å². The molecular weight excluding hydrogens is 220 g/mol. The van der Waals surface area contributed by atoms with Gasteiger partial charge in [-0.3, -0.25) is 4.79 Å². The SMILES string of the molecule is COC(=O)CC(O)CNCC1CCCN(C)C1. The predicted octanol–water partition coefficient (Wildman–Crippen LogP) is -0.158. The molecule has 5 nitrogen and oxygen atoms in total. The van der Waals surface area contributed by atoms with Gasteiger partial charge in [-0.25, -0.2) is 0 Å². The van der Waals surface area contributed by atoms with E-state index in [1.807, 2.05) is 0 Å². The topological polar surface area (TPSA) is 61.8 Å². The number of carbonyl (C=O) groups excluding carboxylic acids is 1. The summed E-state index contributed by atoms with van der Waals surface area (Å²) in [6, 6.07) is 0. The molecule has 2 atom stereocenters. The number of aliphatic hydroxyl groups is 1. The standard InChI is InChI=1S/C12H24N2O3/c1-14-5-3-4-10(9-14)7-13-8-11(15)6-12(16)17-2/h10-11,13,15H,3-9H2,1-2H3. The van der Waals surface area contributed by atoms with Crippen LogP contribution in [0.3, 0.4) is 0 Å². The lowest BCUT2D eigenvalue weighted by Crippen LogP contribution is -2.39. The Kier molecular flexibility index (Phi) is 6.47. The van der Waals surface area contributed by atoms with Gasteiger partial charge in [-0.05, 0) is 38.9 Å². The van der Waals surface area contributed by atoms with Gasteiger partial charge in [0.15, 0.2) is 0 Å². The lowest BCUT2D eigenvalue weighted by Gasteiger charge is -2.30. The fraction of sp³-hybridized carbons (Fsp3) is 0.917. The molecule has 1 rings (SSSR count). The van der Waals surface area contributed by atoms with E-state index >= 15 is 0 Å². The number of nitrogens with one attached hydrogen (secondary N) is 1. The molecule has 1 aliphatic rings. The van der Waals surface area contributed by atoms with Crippen LogP contribution in [0.25, 0.3) is 0 Å². The van der Waals surface area contributed by atoms with Crippen molar-refractivity contribution in [3.63, 3.8) is 0 Å². The van der Waals surface area contributed by atoms with Crippen LogP contribution >= 0.6 is 0 Å². The summed E-state index contributed by atoms with van der Waals surface area (Å²) in [4.78, 5) is 13.2. The first-order chi connectivity index (χ1) is 8.11. The molecule has 0 aromatic carbocycles. The van der Waals surface area contributed by atoms with Gasteiger partial charge in [0.1, 0.15) is 0 Å². The Morgan fingerprint density at radius 1 is 1.65 bits per heavy atom. The molecule has 17 heavy (non-hydrogen) atoms. The van der Waals surface area contributed by atoms with Crippen LogP contribution in [0.2, 0.25) is 0 Å². The molecule has 0 aromatic heterocycles. The second-order valence-electron chi connectivity index (χ2n) is 4.86. The van der Waals surface area contributed by atoms with E-state index in [4.69, 9.17) is 0 Å². The fourth-order valence-electron chi connectivity index (χ4n) is 2.24. The molecule has 0 aromatic rings. The first-order valence-electron chi connectivity index (χ1n) is 6.26. The predicted molar refractivity (Wildman–Crippen MR) is 65.7 cm³/mol. The van der Waals surface area contributed by atoms with Crippen LogP contribution in [0.15, 0.2) is 0 Å². The highest BCUT2D eigenvalue weighted by Crippen LogP contribution is 2.13. The van der Waals surface area contributed by atoms with Crippen LogP contribution in [0.5, 0.6) is 0 Å². The van der Waals surface area contributed by atoms with Crippen LogP contribution in [-0.4, -0.2) is 62.4 Å². The molecule has 5 heteroatoms. The maximum atomic E-state index is 10.9. The Morgan fingerprint density at radius 3 is 3.06 bits per heavy atom. The van der Waals surface area contributed by atoms with Gasteiger partial charge in [0.2, 0.25) is 0 Å². The van der Waals surface area contributed by atoms with Gasteiger partial charge in [0.05, 0.1) is 19.6 Å². The van der Waals surface area contributed by atoms with E-state index in [1.165, 1.54) is 26.5 Å². The van der Waals surface area contributed by atoms with Crippen LogP contribution in [0, 0.1) is 5.92 Å². The van der Waals surface area contributed by atoms with Crippen molar-refractivity contribution < 1.29 is 14.6 Å². The smallest absolute Gasteiger partial charge is 0.308 e. The van der Waals surface area contributed by atoms with E-state index in [-0.39, 0.29) is 12.4 Å². The summed E-state index contributed by atoms with van der Waals surface area (Å²) in [5.74, 6) is 0.288. The number of aliphatic hydroxyl groups excluding tert-OH is 1. The third kappa shape index (κ3) is 6.00. The summed E-state index contributed by atoms with van der Waals surface area (Å²) >= 11 is 0. The number of nitrogens with zero attached hydrogens (tertiary/aromatic N) is 1. The van der Waals surface area contributed by atoms with Crippen LogP contribution in [-0.2, 0) is 9.53 Å². The highest BCUT2D eigenvalue weighted by atomic mass is 16.5. The Hall–Kier alpha value is -0.650. The molecule has 0 aliphatic carbocycles. The molecule has 2 N–H and O–H groups in total. The number of likely N-dealkylation sites (tertiary alicyclic amines) is 1. The summed E-state index contributed by atoms with van der Waals surface area (Å²) < 4.78 is 4.50. The Labute approximate surface area is 103 Å². The first-order valence-corrected chi connectivity index (χ1v) is 6.26. The molecule has 100 valence electrons. The molecule has 0 radical (unpaired) electrons. The summed E-state index contributed by atoms with van der Waals surface area (Å²) in [5, 5.41) is 12.8. The van der Waals surface area contributed by atoms with Gasteiger partial charge in [0, 0.05) is 13.1 Å². The van der Waals surface area contributed by atoms with E-state index in [0.29, 0.717) is 12.5 Å². The van der Waals surface area contributed by atoms with Gasteiger partial charge in [-0.1, -0.05) is 0 Å². The largest absolute Gasteiger partial charge is 0.469 e. The minimum absolute atomic E-state index is 0.0636. The Bertz CT molecular complexity index is 236. The number of carbonyl (C=O) groups is 1. The molecule has 1 saturated heterocycles. The van der Waals surface area contributed by atoms with Crippen molar-refractivity contribution in [2.24, 2.45) is 5.92 Å². The number of methoxy groups -OCH3 is 1. The van der Waals surface area contributed by atoms with Crippen LogP contribution in [0.1, 0.15) is 19.3 Å². The third-order valence-electron chi connectivity index (χ3n) is 3.17. The van der Waals surface area contributed by atoms with E-state index in [2.05, 4.69) is 22.0 Å². The average Bonchev–Trinajstić information content (AvgIpc) is 2.29. The van der Waals surface area contributed by atoms with Crippen LogP contribution < -0.4 is 5.32 Å². The molecule has 2 unspecified atom stereocenters. The molecule has 1 aliphatic heterocycles. The number of rotatable bonds is 6. The summed E-state index contributed by atoms with van der Waals surface area (Å²) in [5.41, 5.74) is 0. The van der Waals surface area contributed by atoms with Gasteiger partial charge in [-0.15, -0.1) is 0 Å². The van der Waals surface area contributed by atoms with Crippen molar-refractivity contribution in [3.8, 4) is 0 Å². The lowest BCUT2D eigenvalue weighted by molar-refractivity contribution is -0.142. The van der Waals surface area contributed by atoms with Crippen molar-refractivity contribution in [2.75, 3.05) is 40.3 Å². The number of hydrogen-bond acceptors (Lipinski definition) is 5. The number of esters is 1. The van der Waals surface area contributed by atoms with Gasteiger partial charge >= 0.3 is 5.97 Å². The normalized spacial score (nSPS) is 23.4. The minimum Gasteiger partial charge on any atom is -0.469 e. The number of piperidine rings is 1. The highest BCUT2D eigenvalue weighted by molar-refractivity contribution is 5.69. The van der Waals surface area contributed by atoms with Gasteiger partial charge < -0.3 is 20.1 Å². The van der Waals surface area contributed by atoms with E-state index in [9.17, 15) is 9.90 Å². The van der Waals surface area contributed by atoms with E-state index in [1.54, 1.807) is 0 Å². The Balaban J connectivity index is 2.08. The Morgan fingerprint density at radius 2 is 2.41 bits per heavy atom. The van der Waals surface area contributed by atoms with Gasteiger partial charge in [0.25, 0.3) is 0 Å². The van der Waals surface area contributed by atoms with Crippen molar-refractivity contribution in [3.05, 3.63) is 0 Å². The first kappa shape index (κ1) is 14.4. The molecular formula is C12H24N2O3. The van der Waals surface area contributed by atoms with Crippen LogP contribution in [0.4, 0.5) is 0 Å². The second-order valence-corrected chi connectivity index (χ2v) is 4.86. The summed E-state index contributed by atoms with van der Waals surface area (Å²) in [7, 11) is 3.47. The lowest BCUT2D eigenvalue weighted by atomic mass is 9.98. The van der Waals surface area contributed by atoms with Crippen molar-refractivity contribution in [1.29, 1.82) is 0 Å². The highest BCUT2D eigenvalue weighted by Gasteiger charge is 2.17. The molecule has 0 bridgehead atoms. The second kappa shape index (κ2) is 7.63.